The maximum absolute atomic E-state index is 12.9. The first kappa shape index (κ1) is 23.4. The normalized spacial score (nSPS) is 20.4. The molecule has 2 aliphatic rings. The lowest BCUT2D eigenvalue weighted by atomic mass is 9.75. The van der Waals surface area contributed by atoms with E-state index in [1.807, 2.05) is 6.07 Å². The van der Waals surface area contributed by atoms with E-state index in [0.717, 1.165) is 43.1 Å². The summed E-state index contributed by atoms with van der Waals surface area (Å²) >= 11 is 0. The summed E-state index contributed by atoms with van der Waals surface area (Å²) in [7, 11) is 1.75. The number of methoxy groups -OCH3 is 1. The van der Waals surface area contributed by atoms with Crippen LogP contribution < -0.4 is 15.4 Å². The average molecular weight is 470 g/mol. The minimum Gasteiger partial charge on any atom is -0.496 e. The summed E-state index contributed by atoms with van der Waals surface area (Å²) in [5.74, 6) is 1.54. The van der Waals surface area contributed by atoms with Crippen LogP contribution in [0.4, 0.5) is 5.69 Å². The van der Waals surface area contributed by atoms with Crippen molar-refractivity contribution in [2.75, 3.05) is 38.6 Å². The molecule has 3 aromatic carbocycles. The number of nitrogens with one attached hydrogen (secondary N) is 2. The van der Waals surface area contributed by atoms with Crippen LogP contribution in [-0.2, 0) is 0 Å². The zero-order valence-electron chi connectivity index (χ0n) is 20.9. The second-order valence-corrected chi connectivity index (χ2v) is 9.46. The molecule has 3 aromatic rings. The average Bonchev–Trinajstić information content (AvgIpc) is 3.40. The number of benzene rings is 3. The number of nitrogens with zero attached hydrogens (tertiary/aromatic N) is 1. The molecule has 0 bridgehead atoms. The van der Waals surface area contributed by atoms with E-state index in [9.17, 15) is 4.79 Å². The van der Waals surface area contributed by atoms with E-state index in [-0.39, 0.29) is 17.9 Å². The maximum Gasteiger partial charge on any atom is 0.251 e. The van der Waals surface area contributed by atoms with Crippen molar-refractivity contribution in [1.82, 2.24) is 10.2 Å². The van der Waals surface area contributed by atoms with Crippen molar-refractivity contribution in [2.24, 2.45) is 5.92 Å². The van der Waals surface area contributed by atoms with Crippen molar-refractivity contribution in [3.05, 3.63) is 83.4 Å². The number of amides is 1. The van der Waals surface area contributed by atoms with Crippen LogP contribution in [0.3, 0.4) is 0 Å². The first-order valence-electron chi connectivity index (χ1n) is 12.8. The van der Waals surface area contributed by atoms with Crippen molar-refractivity contribution in [3.63, 3.8) is 0 Å². The van der Waals surface area contributed by atoms with Gasteiger partial charge in [0.25, 0.3) is 5.91 Å². The molecule has 3 atom stereocenters. The van der Waals surface area contributed by atoms with Crippen LogP contribution in [0.5, 0.6) is 5.75 Å². The van der Waals surface area contributed by atoms with Crippen molar-refractivity contribution >= 4 is 22.4 Å². The number of carbonyl (C=O) groups excluding carboxylic acids is 1. The van der Waals surface area contributed by atoms with Gasteiger partial charge in [0, 0.05) is 35.8 Å². The van der Waals surface area contributed by atoms with E-state index < -0.39 is 0 Å². The molecule has 0 radical (unpaired) electrons. The third-order valence-electron chi connectivity index (χ3n) is 7.69. The standard InChI is InChI=1S/C30H35N3O2/c1-4-33(5-2)18-17-31-30(34)21-13-15-26-25(19-21)23-11-8-12-24(23)29(32-26)28-22-10-7-6-9-20(22)14-16-27(28)35-3/h6-11,13-16,19,23-24,29,32H,4-5,12,17-18H2,1-3H3,(H,31,34). The second kappa shape index (κ2) is 10.1. The monoisotopic (exact) mass is 469 g/mol. The number of likely N-dealkylation sites (N-methyl/N-ethyl adjacent to an activating group) is 1. The van der Waals surface area contributed by atoms with E-state index in [1.165, 1.54) is 21.9 Å². The van der Waals surface area contributed by atoms with Crippen LogP contribution >= 0.6 is 0 Å². The van der Waals surface area contributed by atoms with Crippen molar-refractivity contribution < 1.29 is 9.53 Å². The molecule has 3 unspecified atom stereocenters. The van der Waals surface area contributed by atoms with E-state index in [2.05, 4.69) is 90.1 Å². The summed E-state index contributed by atoms with van der Waals surface area (Å²) in [6, 6.07) is 18.9. The third kappa shape index (κ3) is 4.41. The molecule has 1 aliphatic heterocycles. The molecule has 2 N–H and O–H groups in total. The Kier molecular flexibility index (Phi) is 6.78. The fourth-order valence-corrected chi connectivity index (χ4v) is 5.77. The molecule has 1 amide bonds. The number of ether oxygens (including phenoxy) is 1. The molecule has 0 aromatic heterocycles. The molecule has 0 spiro atoms. The van der Waals surface area contributed by atoms with Crippen molar-refractivity contribution in [3.8, 4) is 5.75 Å². The summed E-state index contributed by atoms with van der Waals surface area (Å²) in [6.07, 6.45) is 5.60. The lowest BCUT2D eigenvalue weighted by Crippen LogP contribution is -2.35. The molecule has 182 valence electrons. The Balaban J connectivity index is 1.44. The van der Waals surface area contributed by atoms with Gasteiger partial charge in [0.2, 0.25) is 0 Å². The molecular formula is C30H35N3O2. The van der Waals surface area contributed by atoms with Gasteiger partial charge in [-0.05, 0) is 66.0 Å². The molecule has 35 heavy (non-hydrogen) atoms. The molecule has 0 saturated heterocycles. The first-order chi connectivity index (χ1) is 17.1. The predicted octanol–water partition coefficient (Wildman–Crippen LogP) is 5.75. The van der Waals surface area contributed by atoms with E-state index >= 15 is 0 Å². The highest BCUT2D eigenvalue weighted by molar-refractivity contribution is 5.95. The Labute approximate surface area is 208 Å². The van der Waals surface area contributed by atoms with Crippen LogP contribution in [0.2, 0.25) is 0 Å². The molecular weight excluding hydrogens is 434 g/mol. The fourth-order valence-electron chi connectivity index (χ4n) is 5.77. The van der Waals surface area contributed by atoms with Gasteiger partial charge >= 0.3 is 0 Å². The van der Waals surface area contributed by atoms with E-state index in [1.54, 1.807) is 7.11 Å². The van der Waals surface area contributed by atoms with Gasteiger partial charge in [-0.1, -0.05) is 56.3 Å². The highest BCUT2D eigenvalue weighted by Gasteiger charge is 2.40. The van der Waals surface area contributed by atoms with Crippen molar-refractivity contribution in [1.29, 1.82) is 0 Å². The van der Waals surface area contributed by atoms with Crippen LogP contribution in [-0.4, -0.2) is 44.1 Å². The number of anilines is 1. The fraction of sp³-hybridized carbons (Fsp3) is 0.367. The second-order valence-electron chi connectivity index (χ2n) is 9.46. The lowest BCUT2D eigenvalue weighted by molar-refractivity contribution is 0.0948. The number of rotatable bonds is 8. The highest BCUT2D eigenvalue weighted by atomic mass is 16.5. The summed E-state index contributed by atoms with van der Waals surface area (Å²) < 4.78 is 5.85. The zero-order chi connectivity index (χ0) is 24.4. The highest BCUT2D eigenvalue weighted by Crippen LogP contribution is 2.52. The Bertz CT molecular complexity index is 1250. The maximum atomic E-state index is 12.9. The third-order valence-corrected chi connectivity index (χ3v) is 7.69. The number of fused-ring (bicyclic) bond motifs is 4. The summed E-state index contributed by atoms with van der Waals surface area (Å²) in [5, 5.41) is 9.37. The first-order valence-corrected chi connectivity index (χ1v) is 12.8. The number of hydrogen-bond donors (Lipinski definition) is 2. The minimum atomic E-state index is -0.00340. The Morgan fingerprint density at radius 2 is 1.94 bits per heavy atom. The van der Waals surface area contributed by atoms with Crippen LogP contribution in [0.15, 0.2) is 66.7 Å². The number of carbonyl (C=O) groups is 1. The van der Waals surface area contributed by atoms with Crippen LogP contribution in [0, 0.1) is 5.92 Å². The minimum absolute atomic E-state index is 0.00340. The van der Waals surface area contributed by atoms with E-state index in [0.29, 0.717) is 12.5 Å². The number of allylic oxidation sites excluding steroid dienone is 2. The van der Waals surface area contributed by atoms with Gasteiger partial charge in [-0.15, -0.1) is 0 Å². The molecule has 1 heterocycles. The summed E-state index contributed by atoms with van der Waals surface area (Å²) in [5.41, 5.74) is 4.24. The van der Waals surface area contributed by atoms with Gasteiger partial charge in [-0.2, -0.15) is 0 Å². The predicted molar refractivity (Wildman–Crippen MR) is 143 cm³/mol. The Morgan fingerprint density at radius 1 is 1.11 bits per heavy atom. The van der Waals surface area contributed by atoms with Gasteiger partial charge in [0.1, 0.15) is 5.75 Å². The molecule has 0 fully saturated rings. The molecule has 5 heteroatoms. The SMILES string of the molecule is CCN(CC)CCNC(=O)c1ccc2c(c1)C1C=CCC1C(c1c(OC)ccc3ccccc13)N2. The Hall–Kier alpha value is -3.31. The zero-order valence-corrected chi connectivity index (χ0v) is 20.9. The quantitative estimate of drug-likeness (QED) is 0.413. The van der Waals surface area contributed by atoms with Crippen LogP contribution in [0.25, 0.3) is 10.8 Å². The lowest BCUT2D eigenvalue weighted by Gasteiger charge is -2.38. The Morgan fingerprint density at radius 3 is 2.74 bits per heavy atom. The van der Waals surface area contributed by atoms with Gasteiger partial charge in [-0.25, -0.2) is 0 Å². The summed E-state index contributed by atoms with van der Waals surface area (Å²) in [6.45, 7) is 7.81. The van der Waals surface area contributed by atoms with E-state index in [4.69, 9.17) is 4.74 Å². The summed E-state index contributed by atoms with van der Waals surface area (Å²) in [4.78, 5) is 15.2. The van der Waals surface area contributed by atoms with Gasteiger partial charge in [0.05, 0.1) is 13.2 Å². The van der Waals surface area contributed by atoms with Crippen molar-refractivity contribution in [2.45, 2.75) is 32.2 Å². The number of hydrogen-bond acceptors (Lipinski definition) is 4. The molecule has 5 rings (SSSR count). The van der Waals surface area contributed by atoms with Gasteiger partial charge in [0.15, 0.2) is 0 Å². The van der Waals surface area contributed by atoms with Gasteiger partial charge in [-0.3, -0.25) is 4.79 Å². The van der Waals surface area contributed by atoms with Gasteiger partial charge < -0.3 is 20.3 Å². The molecule has 1 aliphatic carbocycles. The molecule has 0 saturated carbocycles. The smallest absolute Gasteiger partial charge is 0.251 e. The van der Waals surface area contributed by atoms with Crippen LogP contribution in [0.1, 0.15) is 53.7 Å². The molecule has 5 nitrogen and oxygen atoms in total. The topological polar surface area (TPSA) is 53.6 Å². The largest absolute Gasteiger partial charge is 0.496 e.